The van der Waals surface area contributed by atoms with Crippen LogP contribution in [0.2, 0.25) is 0 Å². The Morgan fingerprint density at radius 2 is 2.42 bits per heavy atom. The van der Waals surface area contributed by atoms with Crippen LogP contribution in [-0.4, -0.2) is 17.6 Å². The Labute approximate surface area is 80.1 Å². The number of ether oxygens (including phenoxy) is 1. The first kappa shape index (κ1) is 9.48. The van der Waals surface area contributed by atoms with E-state index in [9.17, 15) is 0 Å². The van der Waals surface area contributed by atoms with Gasteiger partial charge in [-0.1, -0.05) is 6.07 Å². The SMILES string of the molecule is C[C@@H](CN)Oc1cccc(Br)n1. The molecule has 1 atom stereocenters. The molecule has 0 aliphatic rings. The monoisotopic (exact) mass is 230 g/mol. The highest BCUT2D eigenvalue weighted by Gasteiger charge is 2.01. The smallest absolute Gasteiger partial charge is 0.214 e. The van der Waals surface area contributed by atoms with E-state index in [1.807, 2.05) is 19.1 Å². The highest BCUT2D eigenvalue weighted by Crippen LogP contribution is 2.12. The lowest BCUT2D eigenvalue weighted by Gasteiger charge is -2.10. The molecule has 4 heteroatoms. The largest absolute Gasteiger partial charge is 0.473 e. The van der Waals surface area contributed by atoms with Gasteiger partial charge < -0.3 is 10.5 Å². The number of nitrogens with zero attached hydrogens (tertiary/aromatic N) is 1. The second-order valence-electron chi connectivity index (χ2n) is 2.46. The van der Waals surface area contributed by atoms with Gasteiger partial charge in [0.05, 0.1) is 0 Å². The number of nitrogens with two attached hydrogens (primary N) is 1. The fourth-order valence-corrected chi connectivity index (χ4v) is 1.04. The third-order valence-corrected chi connectivity index (χ3v) is 1.79. The maximum absolute atomic E-state index is 5.39. The Morgan fingerprint density at radius 1 is 1.67 bits per heavy atom. The Hall–Kier alpha value is -0.610. The van der Waals surface area contributed by atoms with Crippen molar-refractivity contribution < 1.29 is 4.74 Å². The highest BCUT2D eigenvalue weighted by atomic mass is 79.9. The molecule has 66 valence electrons. The molecular formula is C8H11BrN2O. The molecule has 0 radical (unpaired) electrons. The lowest BCUT2D eigenvalue weighted by molar-refractivity contribution is 0.220. The van der Waals surface area contributed by atoms with E-state index >= 15 is 0 Å². The van der Waals surface area contributed by atoms with Crippen LogP contribution in [0, 0.1) is 0 Å². The average molecular weight is 231 g/mol. The minimum atomic E-state index is 0.00630. The maximum Gasteiger partial charge on any atom is 0.214 e. The summed E-state index contributed by atoms with van der Waals surface area (Å²) in [5, 5.41) is 0. The van der Waals surface area contributed by atoms with Crippen LogP contribution in [0.4, 0.5) is 0 Å². The minimum absolute atomic E-state index is 0.00630. The number of halogens is 1. The van der Waals surface area contributed by atoms with E-state index in [4.69, 9.17) is 10.5 Å². The number of hydrogen-bond acceptors (Lipinski definition) is 3. The normalized spacial score (nSPS) is 12.6. The molecule has 1 aromatic rings. The molecule has 1 rings (SSSR count). The molecule has 1 aromatic heterocycles. The average Bonchev–Trinajstić information content (AvgIpc) is 2.04. The molecule has 0 aromatic carbocycles. The van der Waals surface area contributed by atoms with E-state index in [2.05, 4.69) is 20.9 Å². The summed E-state index contributed by atoms with van der Waals surface area (Å²) in [4.78, 5) is 4.10. The van der Waals surface area contributed by atoms with Gasteiger partial charge in [0, 0.05) is 12.6 Å². The molecule has 0 fully saturated rings. The van der Waals surface area contributed by atoms with Crippen LogP contribution in [0.3, 0.4) is 0 Å². The van der Waals surface area contributed by atoms with Crippen molar-refractivity contribution in [3.63, 3.8) is 0 Å². The first-order chi connectivity index (χ1) is 5.72. The van der Waals surface area contributed by atoms with Crippen molar-refractivity contribution in [1.29, 1.82) is 0 Å². The summed E-state index contributed by atoms with van der Waals surface area (Å²) in [5.41, 5.74) is 5.39. The molecule has 3 nitrogen and oxygen atoms in total. The van der Waals surface area contributed by atoms with Crippen molar-refractivity contribution in [3.8, 4) is 5.88 Å². The number of hydrogen-bond donors (Lipinski definition) is 1. The van der Waals surface area contributed by atoms with E-state index in [0.717, 1.165) is 4.60 Å². The predicted molar refractivity (Wildman–Crippen MR) is 51.1 cm³/mol. The lowest BCUT2D eigenvalue weighted by atomic mass is 10.4. The topological polar surface area (TPSA) is 48.1 Å². The molecule has 0 aliphatic carbocycles. The Morgan fingerprint density at radius 3 is 3.00 bits per heavy atom. The van der Waals surface area contributed by atoms with Gasteiger partial charge in [0.25, 0.3) is 0 Å². The van der Waals surface area contributed by atoms with Gasteiger partial charge in [0.15, 0.2) is 0 Å². The van der Waals surface area contributed by atoms with Crippen molar-refractivity contribution in [2.24, 2.45) is 5.73 Å². The fourth-order valence-electron chi connectivity index (χ4n) is 0.710. The summed E-state index contributed by atoms with van der Waals surface area (Å²) in [6, 6.07) is 5.52. The number of aromatic nitrogens is 1. The van der Waals surface area contributed by atoms with Gasteiger partial charge in [-0.25, -0.2) is 4.98 Å². The second kappa shape index (κ2) is 4.42. The van der Waals surface area contributed by atoms with Gasteiger partial charge in [0.2, 0.25) is 5.88 Å². The fraction of sp³-hybridized carbons (Fsp3) is 0.375. The second-order valence-corrected chi connectivity index (χ2v) is 3.28. The zero-order valence-corrected chi connectivity index (χ0v) is 8.41. The van der Waals surface area contributed by atoms with E-state index in [0.29, 0.717) is 12.4 Å². The van der Waals surface area contributed by atoms with Gasteiger partial charge in [-0.3, -0.25) is 0 Å². The van der Waals surface area contributed by atoms with Crippen molar-refractivity contribution in [2.45, 2.75) is 13.0 Å². The summed E-state index contributed by atoms with van der Waals surface area (Å²) < 4.78 is 6.15. The van der Waals surface area contributed by atoms with Crippen LogP contribution in [0.15, 0.2) is 22.8 Å². The predicted octanol–water partition coefficient (Wildman–Crippen LogP) is 1.57. The standard InChI is InChI=1S/C8H11BrN2O/c1-6(5-10)12-8-4-2-3-7(9)11-8/h2-4,6H,5,10H2,1H3/t6-/m0/s1. The summed E-state index contributed by atoms with van der Waals surface area (Å²) in [5.74, 6) is 0.599. The quantitative estimate of drug-likeness (QED) is 0.803. The van der Waals surface area contributed by atoms with Gasteiger partial charge >= 0.3 is 0 Å². The van der Waals surface area contributed by atoms with E-state index in [1.165, 1.54) is 0 Å². The third-order valence-electron chi connectivity index (χ3n) is 1.34. The first-order valence-electron chi connectivity index (χ1n) is 3.71. The van der Waals surface area contributed by atoms with Crippen LogP contribution in [0.5, 0.6) is 5.88 Å². The number of rotatable bonds is 3. The van der Waals surface area contributed by atoms with Crippen LogP contribution in [-0.2, 0) is 0 Å². The summed E-state index contributed by atoms with van der Waals surface area (Å²) in [6.07, 6.45) is 0.00630. The van der Waals surface area contributed by atoms with Gasteiger partial charge in [-0.2, -0.15) is 0 Å². The van der Waals surface area contributed by atoms with E-state index in [-0.39, 0.29) is 6.10 Å². The summed E-state index contributed by atoms with van der Waals surface area (Å²) in [7, 11) is 0. The van der Waals surface area contributed by atoms with Crippen molar-refractivity contribution >= 4 is 15.9 Å². The number of pyridine rings is 1. The van der Waals surface area contributed by atoms with Crippen LogP contribution in [0.1, 0.15) is 6.92 Å². The van der Waals surface area contributed by atoms with Crippen LogP contribution >= 0.6 is 15.9 Å². The van der Waals surface area contributed by atoms with Gasteiger partial charge in [-0.05, 0) is 28.9 Å². The maximum atomic E-state index is 5.39. The van der Waals surface area contributed by atoms with Crippen LogP contribution in [0.25, 0.3) is 0 Å². The van der Waals surface area contributed by atoms with Crippen molar-refractivity contribution in [3.05, 3.63) is 22.8 Å². The van der Waals surface area contributed by atoms with E-state index in [1.54, 1.807) is 6.07 Å². The summed E-state index contributed by atoms with van der Waals surface area (Å²) >= 11 is 3.25. The zero-order valence-electron chi connectivity index (χ0n) is 6.83. The zero-order chi connectivity index (χ0) is 8.97. The Balaban J connectivity index is 2.63. The molecule has 0 saturated carbocycles. The molecule has 1 heterocycles. The highest BCUT2D eigenvalue weighted by molar-refractivity contribution is 9.10. The molecule has 2 N–H and O–H groups in total. The lowest BCUT2D eigenvalue weighted by Crippen LogP contribution is -2.23. The van der Waals surface area contributed by atoms with Crippen molar-refractivity contribution in [1.82, 2.24) is 4.98 Å². The van der Waals surface area contributed by atoms with Crippen LogP contribution < -0.4 is 10.5 Å². The molecule has 0 aliphatic heterocycles. The first-order valence-corrected chi connectivity index (χ1v) is 4.51. The molecule has 12 heavy (non-hydrogen) atoms. The molecule has 0 spiro atoms. The van der Waals surface area contributed by atoms with Gasteiger partial charge in [-0.15, -0.1) is 0 Å². The summed E-state index contributed by atoms with van der Waals surface area (Å²) in [6.45, 7) is 2.40. The Kier molecular flexibility index (Phi) is 3.49. The molecule has 0 saturated heterocycles. The molecular weight excluding hydrogens is 220 g/mol. The Bertz CT molecular complexity index is 255. The molecule has 0 bridgehead atoms. The molecule has 0 unspecified atom stereocenters. The molecule has 0 amide bonds. The van der Waals surface area contributed by atoms with Crippen molar-refractivity contribution in [2.75, 3.05) is 6.54 Å². The third kappa shape index (κ3) is 2.79. The van der Waals surface area contributed by atoms with Gasteiger partial charge in [0.1, 0.15) is 10.7 Å². The van der Waals surface area contributed by atoms with E-state index < -0.39 is 0 Å². The minimum Gasteiger partial charge on any atom is -0.473 e.